The van der Waals surface area contributed by atoms with Crippen molar-refractivity contribution in [3.63, 3.8) is 0 Å². The zero-order chi connectivity index (χ0) is 23.2. The number of ether oxygens (including phenoxy) is 1. The lowest BCUT2D eigenvalue weighted by Gasteiger charge is -2.42. The van der Waals surface area contributed by atoms with E-state index in [-0.39, 0.29) is 17.7 Å². The maximum atomic E-state index is 12.4. The van der Waals surface area contributed by atoms with E-state index in [1.165, 1.54) is 0 Å². The maximum absolute atomic E-state index is 12.4. The minimum atomic E-state index is -2.19. The molecule has 0 saturated carbocycles. The molecule has 2 rings (SSSR count). The number of piperazine rings is 1. The lowest BCUT2D eigenvalue weighted by molar-refractivity contribution is -0.141. The predicted molar refractivity (Wildman–Crippen MR) is 122 cm³/mol. The minimum Gasteiger partial charge on any atom is -0.480 e. The Bertz CT molecular complexity index is 730. The van der Waals surface area contributed by atoms with E-state index in [0.717, 1.165) is 5.56 Å². The van der Waals surface area contributed by atoms with Crippen LogP contribution in [0.3, 0.4) is 0 Å². The first-order valence-corrected chi connectivity index (χ1v) is 13.7. The molecule has 0 radical (unpaired) electrons. The summed E-state index contributed by atoms with van der Waals surface area (Å²) < 4.78 is 11.8. The molecule has 1 heterocycles. The molecule has 31 heavy (non-hydrogen) atoms. The highest BCUT2D eigenvalue weighted by atomic mass is 28.4. The monoisotopic (exact) mass is 451 g/mol. The molecule has 174 valence electrons. The highest BCUT2D eigenvalue weighted by molar-refractivity contribution is 6.74. The summed E-state index contributed by atoms with van der Waals surface area (Å²) in [6, 6.07) is 8.47. The normalized spacial score (nSPS) is 17.8. The molecule has 1 saturated heterocycles. The van der Waals surface area contributed by atoms with Gasteiger partial charge in [-0.05, 0) is 23.7 Å². The molecule has 1 unspecified atom stereocenters. The lowest BCUT2D eigenvalue weighted by Crippen LogP contribution is -2.58. The number of amides is 1. The Morgan fingerprint density at radius 2 is 1.71 bits per heavy atom. The van der Waals surface area contributed by atoms with E-state index in [1.807, 2.05) is 30.3 Å². The molecule has 0 spiro atoms. The first-order chi connectivity index (χ1) is 14.4. The fourth-order valence-corrected chi connectivity index (χ4v) is 4.45. The molecule has 0 aromatic heterocycles. The molecule has 1 aromatic rings. The second-order valence-electron chi connectivity index (χ2n) is 9.61. The van der Waals surface area contributed by atoms with Crippen molar-refractivity contribution in [2.75, 3.05) is 32.7 Å². The van der Waals surface area contributed by atoms with Crippen molar-refractivity contribution in [3.8, 4) is 0 Å². The summed E-state index contributed by atoms with van der Waals surface area (Å²) in [6.07, 6.45) is -0.935. The molecule has 9 heteroatoms. The van der Waals surface area contributed by atoms with Crippen LogP contribution in [-0.2, 0) is 20.6 Å². The number of carbonyl (C=O) groups is 2. The van der Waals surface area contributed by atoms with E-state index in [9.17, 15) is 14.7 Å². The Balaban J connectivity index is 1.90. The Hall–Kier alpha value is -1.94. The van der Waals surface area contributed by atoms with Gasteiger partial charge in [0.05, 0.1) is 6.10 Å². The van der Waals surface area contributed by atoms with Crippen LogP contribution in [0, 0.1) is 0 Å². The van der Waals surface area contributed by atoms with Crippen molar-refractivity contribution < 1.29 is 23.9 Å². The average Bonchev–Trinajstić information content (AvgIpc) is 2.71. The number of nitrogens with zero attached hydrogens (tertiary/aromatic N) is 2. The predicted octanol–water partition coefficient (Wildman–Crippen LogP) is 2.74. The maximum Gasteiger partial charge on any atom is 0.410 e. The van der Waals surface area contributed by atoms with Gasteiger partial charge in [0, 0.05) is 32.7 Å². The largest absolute Gasteiger partial charge is 0.480 e. The first kappa shape index (κ1) is 25.3. The summed E-state index contributed by atoms with van der Waals surface area (Å²) in [6.45, 7) is 13.5. The molecule has 2 atom stereocenters. The summed E-state index contributed by atoms with van der Waals surface area (Å²) >= 11 is 0. The number of aliphatic carboxylic acids is 1. The number of benzene rings is 1. The fraction of sp³-hybridized carbons (Fsp3) is 0.636. The summed E-state index contributed by atoms with van der Waals surface area (Å²) in [5, 5.41) is 9.42. The van der Waals surface area contributed by atoms with Gasteiger partial charge in [0.15, 0.2) is 8.32 Å². The third-order valence-electron chi connectivity index (χ3n) is 6.21. The second kappa shape index (κ2) is 10.6. The third-order valence-corrected chi connectivity index (χ3v) is 10.7. The Kier molecular flexibility index (Phi) is 8.64. The van der Waals surface area contributed by atoms with Crippen LogP contribution in [0.2, 0.25) is 18.1 Å². The van der Waals surface area contributed by atoms with Gasteiger partial charge in [0.2, 0.25) is 0 Å². The van der Waals surface area contributed by atoms with E-state index in [1.54, 1.807) is 4.90 Å². The standard InChI is InChI=1S/C22H37N3O5Si/c1-22(2,3)31(4,5)30-18(19(23)20(26)27)15-24-11-13-25(14-12-24)21(28)29-16-17-9-7-6-8-10-17/h6-10,18-19H,11-16,23H2,1-5H3,(H,26,27)/t18?,19-/m0/s1. The Labute approximate surface area is 186 Å². The third kappa shape index (κ3) is 7.31. The molecule has 8 nitrogen and oxygen atoms in total. The number of carboxylic acid groups (broad SMARTS) is 1. The highest BCUT2D eigenvalue weighted by Gasteiger charge is 2.42. The number of rotatable bonds is 8. The number of carbonyl (C=O) groups excluding carboxylic acids is 1. The fourth-order valence-electron chi connectivity index (χ4n) is 3.12. The van der Waals surface area contributed by atoms with Gasteiger partial charge in [0.25, 0.3) is 0 Å². The van der Waals surface area contributed by atoms with Crippen molar-refractivity contribution in [2.45, 2.75) is 57.7 Å². The van der Waals surface area contributed by atoms with Crippen LogP contribution in [0.5, 0.6) is 0 Å². The van der Waals surface area contributed by atoms with Crippen molar-refractivity contribution in [3.05, 3.63) is 35.9 Å². The summed E-state index contributed by atoms with van der Waals surface area (Å²) in [7, 11) is -2.19. The second-order valence-corrected chi connectivity index (χ2v) is 14.4. The molecule has 1 fully saturated rings. The van der Waals surface area contributed by atoms with Crippen LogP contribution < -0.4 is 5.73 Å². The molecule has 3 N–H and O–H groups in total. The van der Waals surface area contributed by atoms with E-state index >= 15 is 0 Å². The summed E-state index contributed by atoms with van der Waals surface area (Å²) in [4.78, 5) is 27.7. The Morgan fingerprint density at radius 3 is 2.23 bits per heavy atom. The van der Waals surface area contributed by atoms with E-state index < -0.39 is 26.4 Å². The van der Waals surface area contributed by atoms with Gasteiger partial charge in [-0.2, -0.15) is 0 Å². The van der Waals surface area contributed by atoms with Gasteiger partial charge in [-0.3, -0.25) is 9.69 Å². The molecular weight excluding hydrogens is 414 g/mol. The Morgan fingerprint density at radius 1 is 1.13 bits per heavy atom. The van der Waals surface area contributed by atoms with E-state index in [4.69, 9.17) is 14.9 Å². The molecule has 1 aromatic carbocycles. The van der Waals surface area contributed by atoms with Gasteiger partial charge in [0.1, 0.15) is 12.6 Å². The number of hydrogen-bond donors (Lipinski definition) is 2. The van der Waals surface area contributed by atoms with Crippen molar-refractivity contribution in [1.29, 1.82) is 0 Å². The smallest absolute Gasteiger partial charge is 0.410 e. The van der Waals surface area contributed by atoms with Crippen molar-refractivity contribution in [1.82, 2.24) is 9.80 Å². The zero-order valence-corrected chi connectivity index (χ0v) is 20.3. The van der Waals surface area contributed by atoms with Crippen LogP contribution in [0.4, 0.5) is 4.79 Å². The summed E-state index contributed by atoms with van der Waals surface area (Å²) in [5.74, 6) is -1.06. The number of carboxylic acids is 1. The van der Waals surface area contributed by atoms with Crippen LogP contribution in [0.15, 0.2) is 30.3 Å². The lowest BCUT2D eigenvalue weighted by atomic mass is 10.1. The minimum absolute atomic E-state index is 0.0509. The highest BCUT2D eigenvalue weighted by Crippen LogP contribution is 2.37. The van der Waals surface area contributed by atoms with Gasteiger partial charge in [-0.25, -0.2) is 4.79 Å². The first-order valence-electron chi connectivity index (χ1n) is 10.7. The van der Waals surface area contributed by atoms with Crippen molar-refractivity contribution >= 4 is 20.4 Å². The SMILES string of the molecule is CC(C)(C)[Si](C)(C)OC(CN1CCN(C(=O)OCc2ccccc2)CC1)[C@H](N)C(=O)O. The quantitative estimate of drug-likeness (QED) is 0.586. The van der Waals surface area contributed by atoms with Crippen LogP contribution in [0.1, 0.15) is 26.3 Å². The molecular formula is C22H37N3O5Si. The van der Waals surface area contributed by atoms with Crippen molar-refractivity contribution in [2.24, 2.45) is 5.73 Å². The number of nitrogens with two attached hydrogens (primary N) is 1. The van der Waals surface area contributed by atoms with E-state index in [2.05, 4.69) is 38.8 Å². The molecule has 0 bridgehead atoms. The molecule has 1 amide bonds. The van der Waals surface area contributed by atoms with Crippen LogP contribution in [0.25, 0.3) is 0 Å². The molecule has 1 aliphatic heterocycles. The molecule has 1 aliphatic rings. The van der Waals surface area contributed by atoms with Crippen LogP contribution >= 0.6 is 0 Å². The van der Waals surface area contributed by atoms with Gasteiger partial charge in [-0.15, -0.1) is 0 Å². The van der Waals surface area contributed by atoms with Gasteiger partial charge in [-0.1, -0.05) is 51.1 Å². The zero-order valence-electron chi connectivity index (χ0n) is 19.3. The topological polar surface area (TPSA) is 105 Å². The van der Waals surface area contributed by atoms with Crippen LogP contribution in [-0.4, -0.2) is 80.2 Å². The average molecular weight is 452 g/mol. The summed E-state index contributed by atoms with van der Waals surface area (Å²) in [5.41, 5.74) is 6.93. The van der Waals surface area contributed by atoms with Gasteiger partial charge >= 0.3 is 12.1 Å². The van der Waals surface area contributed by atoms with E-state index in [0.29, 0.717) is 32.7 Å². The van der Waals surface area contributed by atoms with Gasteiger partial charge < -0.3 is 24.9 Å². The molecule has 0 aliphatic carbocycles. The number of hydrogen-bond acceptors (Lipinski definition) is 6.